The second-order valence-electron chi connectivity index (χ2n) is 9.52. The summed E-state index contributed by atoms with van der Waals surface area (Å²) in [6.07, 6.45) is 7.69. The van der Waals surface area contributed by atoms with Gasteiger partial charge in [0.1, 0.15) is 17.2 Å². The maximum Gasteiger partial charge on any atom is 0.232 e. The first-order valence-corrected chi connectivity index (χ1v) is 14.7. The summed E-state index contributed by atoms with van der Waals surface area (Å²) >= 11 is 6.57. The van der Waals surface area contributed by atoms with Gasteiger partial charge in [0.2, 0.25) is 15.8 Å². The Morgan fingerprint density at radius 1 is 1.18 bits per heavy atom. The van der Waals surface area contributed by atoms with Crippen LogP contribution >= 0.6 is 11.6 Å². The number of nitrogens with zero attached hydrogens (tertiary/aromatic N) is 1. The number of nitrogens with one attached hydrogen (secondary N) is 2. The minimum Gasteiger partial charge on any atom is -0.490 e. The van der Waals surface area contributed by atoms with Crippen LogP contribution in [0.5, 0.6) is 5.75 Å². The van der Waals surface area contributed by atoms with Crippen LogP contribution in [0.3, 0.4) is 0 Å². The molecule has 0 radical (unpaired) electrons. The van der Waals surface area contributed by atoms with Gasteiger partial charge in [-0.15, -0.1) is 0 Å². The summed E-state index contributed by atoms with van der Waals surface area (Å²) in [4.78, 5) is 20.6. The number of hydrogen-bond acceptors (Lipinski definition) is 5. The van der Waals surface area contributed by atoms with Crippen molar-refractivity contribution >= 4 is 44.1 Å². The molecule has 39 heavy (non-hydrogen) atoms. The molecule has 1 aliphatic carbocycles. The Labute approximate surface area is 229 Å². The highest BCUT2D eigenvalue weighted by Crippen LogP contribution is 2.35. The molecule has 0 unspecified atom stereocenters. The highest BCUT2D eigenvalue weighted by molar-refractivity contribution is 7.92. The first-order valence-electron chi connectivity index (χ1n) is 12.6. The highest BCUT2D eigenvalue weighted by Gasteiger charge is 2.26. The van der Waals surface area contributed by atoms with E-state index in [9.17, 15) is 17.6 Å². The summed E-state index contributed by atoms with van der Waals surface area (Å²) in [6.45, 7) is 1.65. The topological polar surface area (TPSA) is 101 Å². The third-order valence-electron chi connectivity index (χ3n) is 6.69. The maximum atomic E-state index is 15.3. The molecule has 0 aliphatic heterocycles. The molecular formula is C28H26ClF2N3O4S. The second-order valence-corrected chi connectivity index (χ2v) is 11.8. The number of aromatic nitrogens is 2. The van der Waals surface area contributed by atoms with Crippen LogP contribution < -0.4 is 9.46 Å². The van der Waals surface area contributed by atoms with E-state index in [1.165, 1.54) is 6.20 Å². The third-order valence-corrected chi connectivity index (χ3v) is 8.48. The number of rotatable bonds is 9. The van der Waals surface area contributed by atoms with Crippen molar-refractivity contribution in [2.45, 2.75) is 45.1 Å². The van der Waals surface area contributed by atoms with Crippen LogP contribution in [0, 0.1) is 11.6 Å². The molecule has 0 saturated heterocycles. The van der Waals surface area contributed by atoms with E-state index in [-0.39, 0.29) is 17.4 Å². The average Bonchev–Trinajstić information content (AvgIpc) is 3.55. The summed E-state index contributed by atoms with van der Waals surface area (Å²) in [5.74, 6) is -2.95. The van der Waals surface area contributed by atoms with Crippen molar-refractivity contribution in [3.63, 3.8) is 0 Å². The predicted molar refractivity (Wildman–Crippen MR) is 147 cm³/mol. The molecular weight excluding hydrogens is 548 g/mol. The number of pyridine rings is 1. The normalized spacial score (nSPS) is 14.2. The Morgan fingerprint density at radius 2 is 1.95 bits per heavy atom. The lowest BCUT2D eigenvalue weighted by Gasteiger charge is -2.14. The third kappa shape index (κ3) is 5.62. The number of aromatic amines is 1. The van der Waals surface area contributed by atoms with Crippen molar-refractivity contribution in [1.29, 1.82) is 0 Å². The van der Waals surface area contributed by atoms with Gasteiger partial charge in [-0.2, -0.15) is 0 Å². The maximum absolute atomic E-state index is 15.3. The number of halogens is 3. The molecule has 0 bridgehead atoms. The van der Waals surface area contributed by atoms with Crippen molar-refractivity contribution in [3.05, 3.63) is 76.6 Å². The van der Waals surface area contributed by atoms with Gasteiger partial charge in [-0.3, -0.25) is 9.52 Å². The number of carbonyl (C=O) groups is 1. The zero-order valence-electron chi connectivity index (χ0n) is 21.1. The largest absolute Gasteiger partial charge is 0.490 e. The number of ether oxygens (including phenoxy) is 1. The molecule has 2 N–H and O–H groups in total. The first kappa shape index (κ1) is 27.1. The lowest BCUT2D eigenvalue weighted by molar-refractivity contribution is 0.103. The molecule has 0 atom stereocenters. The summed E-state index contributed by atoms with van der Waals surface area (Å²) in [7, 11) is -3.86. The number of anilines is 1. The standard InChI is InChI=1S/C28H26ClF2N3O4S/c1-2-11-39(36,37)34-24-10-9-23(30)25(26(24)31)27(35)21-15-33-28-20(21)12-16(14-32-28)19-8-7-18(13-22(19)29)38-17-5-3-4-6-17/h7-10,12-15,17,34H,2-6,11H2,1H3,(H,32,33). The van der Waals surface area contributed by atoms with Crippen molar-refractivity contribution in [3.8, 4) is 16.9 Å². The van der Waals surface area contributed by atoms with Gasteiger partial charge in [0.15, 0.2) is 5.82 Å². The molecule has 2 heterocycles. The Morgan fingerprint density at radius 3 is 2.67 bits per heavy atom. The van der Waals surface area contributed by atoms with Gasteiger partial charge in [-0.25, -0.2) is 22.2 Å². The average molecular weight is 574 g/mol. The van der Waals surface area contributed by atoms with Crippen molar-refractivity contribution in [2.24, 2.45) is 0 Å². The van der Waals surface area contributed by atoms with E-state index in [2.05, 4.69) is 14.7 Å². The van der Waals surface area contributed by atoms with Gasteiger partial charge in [-0.05, 0) is 68.5 Å². The van der Waals surface area contributed by atoms with Crippen molar-refractivity contribution in [2.75, 3.05) is 10.5 Å². The minimum absolute atomic E-state index is 0.0250. The van der Waals surface area contributed by atoms with Gasteiger partial charge < -0.3 is 9.72 Å². The molecule has 1 saturated carbocycles. The number of sulfonamides is 1. The van der Waals surface area contributed by atoms with E-state index < -0.39 is 38.7 Å². The van der Waals surface area contributed by atoms with Crippen LogP contribution in [0.1, 0.15) is 54.9 Å². The first-order chi connectivity index (χ1) is 18.7. The summed E-state index contributed by atoms with van der Waals surface area (Å²) in [5, 5.41) is 0.759. The minimum atomic E-state index is -3.86. The molecule has 204 valence electrons. The van der Waals surface area contributed by atoms with E-state index in [1.54, 1.807) is 31.3 Å². The second kappa shape index (κ2) is 10.9. The van der Waals surface area contributed by atoms with Gasteiger partial charge in [0.05, 0.1) is 28.1 Å². The fourth-order valence-electron chi connectivity index (χ4n) is 4.80. The van der Waals surface area contributed by atoms with Crippen LogP contribution in [0.4, 0.5) is 14.5 Å². The van der Waals surface area contributed by atoms with Gasteiger partial charge in [-0.1, -0.05) is 18.5 Å². The fraction of sp³-hybridized carbons (Fsp3) is 0.286. The Bertz CT molecular complexity index is 1670. The quantitative estimate of drug-likeness (QED) is 0.213. The van der Waals surface area contributed by atoms with E-state index >= 15 is 4.39 Å². The van der Waals surface area contributed by atoms with Crippen LogP contribution in [0.25, 0.3) is 22.2 Å². The fourth-order valence-corrected chi connectivity index (χ4v) is 6.21. The van der Waals surface area contributed by atoms with Crippen molar-refractivity contribution in [1.82, 2.24) is 9.97 Å². The van der Waals surface area contributed by atoms with E-state index in [0.29, 0.717) is 39.4 Å². The van der Waals surface area contributed by atoms with Crippen LogP contribution in [-0.4, -0.2) is 36.0 Å². The Balaban J connectivity index is 1.49. The zero-order valence-corrected chi connectivity index (χ0v) is 22.6. The number of fused-ring (bicyclic) bond motifs is 1. The molecule has 11 heteroatoms. The SMILES string of the molecule is CCCS(=O)(=O)Nc1ccc(F)c(C(=O)c2c[nH]c3ncc(-c4ccc(OC5CCCC5)cc4Cl)cc23)c1F. The molecule has 0 spiro atoms. The van der Waals surface area contributed by atoms with Crippen LogP contribution in [0.15, 0.2) is 48.8 Å². The molecule has 7 nitrogen and oxygen atoms in total. The number of hydrogen-bond donors (Lipinski definition) is 2. The van der Waals surface area contributed by atoms with E-state index in [4.69, 9.17) is 16.3 Å². The Kier molecular flexibility index (Phi) is 7.59. The lowest BCUT2D eigenvalue weighted by atomic mass is 9.99. The van der Waals surface area contributed by atoms with Gasteiger partial charge in [0.25, 0.3) is 0 Å². The van der Waals surface area contributed by atoms with Gasteiger partial charge >= 0.3 is 0 Å². The Hall–Kier alpha value is -3.50. The van der Waals surface area contributed by atoms with Crippen LogP contribution in [-0.2, 0) is 10.0 Å². The molecule has 0 amide bonds. The molecule has 5 rings (SSSR count). The summed E-state index contributed by atoms with van der Waals surface area (Å²) in [5.41, 5.74) is 0.177. The molecule has 1 aliphatic rings. The summed E-state index contributed by atoms with van der Waals surface area (Å²) < 4.78 is 62.4. The van der Waals surface area contributed by atoms with E-state index in [1.807, 2.05) is 6.07 Å². The van der Waals surface area contributed by atoms with Crippen molar-refractivity contribution < 1.29 is 26.7 Å². The smallest absolute Gasteiger partial charge is 0.232 e. The number of ketones is 1. The number of carbonyl (C=O) groups excluding carboxylic acids is 1. The van der Waals surface area contributed by atoms with E-state index in [0.717, 1.165) is 37.8 Å². The lowest BCUT2D eigenvalue weighted by Crippen LogP contribution is -2.18. The highest BCUT2D eigenvalue weighted by atomic mass is 35.5. The monoisotopic (exact) mass is 573 g/mol. The molecule has 2 aromatic heterocycles. The predicted octanol–water partition coefficient (Wildman–Crippen LogP) is 6.87. The molecule has 1 fully saturated rings. The summed E-state index contributed by atoms with van der Waals surface area (Å²) in [6, 6.07) is 8.82. The number of H-pyrrole nitrogens is 1. The van der Waals surface area contributed by atoms with Gasteiger partial charge in [0, 0.05) is 34.5 Å². The molecule has 4 aromatic rings. The van der Waals surface area contributed by atoms with Crippen LogP contribution in [0.2, 0.25) is 5.02 Å². The number of benzene rings is 2. The molecule has 2 aromatic carbocycles. The zero-order chi connectivity index (χ0) is 27.7.